The monoisotopic (exact) mass is 551 g/mol. The molecule has 0 spiro atoms. The molecule has 0 aliphatic carbocycles. The molecule has 0 saturated carbocycles. The fraction of sp³-hybridized carbons (Fsp3) is 0. The highest BCUT2D eigenvalue weighted by atomic mass is 16.3. The SMILES string of the molecule is [2H]c1c([2H])c([2H])c(-c2c(-c3c4ccccc4c(-c4cccc5ccccc45)c4ccccc34)ccc3c2oc2ccccc23)c([2H])c1[2H]. The summed E-state index contributed by atoms with van der Waals surface area (Å²) in [6.45, 7) is 0. The van der Waals surface area contributed by atoms with Crippen molar-refractivity contribution in [3.8, 4) is 33.4 Å². The zero-order chi connectivity index (χ0) is 32.7. The van der Waals surface area contributed by atoms with Crippen molar-refractivity contribution < 1.29 is 11.3 Å². The Morgan fingerprint density at radius 1 is 0.395 bits per heavy atom. The molecule has 1 heterocycles. The normalized spacial score (nSPS) is 13.3. The first kappa shape index (κ1) is 19.5. The van der Waals surface area contributed by atoms with Gasteiger partial charge in [-0.1, -0.05) is 145 Å². The molecule has 0 aliphatic rings. The van der Waals surface area contributed by atoms with Crippen molar-refractivity contribution in [2.24, 2.45) is 0 Å². The van der Waals surface area contributed by atoms with Crippen molar-refractivity contribution in [1.82, 2.24) is 0 Å². The lowest BCUT2D eigenvalue weighted by Gasteiger charge is -2.20. The predicted molar refractivity (Wildman–Crippen MR) is 183 cm³/mol. The lowest BCUT2D eigenvalue weighted by atomic mass is 9.82. The van der Waals surface area contributed by atoms with Crippen LogP contribution in [0.2, 0.25) is 0 Å². The van der Waals surface area contributed by atoms with Crippen molar-refractivity contribution in [1.29, 1.82) is 0 Å². The Morgan fingerprint density at radius 3 is 1.65 bits per heavy atom. The molecule has 0 unspecified atom stereocenters. The fourth-order valence-electron chi connectivity index (χ4n) is 6.77. The second kappa shape index (κ2) is 9.44. The number of fused-ring (bicyclic) bond motifs is 6. The van der Waals surface area contributed by atoms with Gasteiger partial charge in [0.1, 0.15) is 11.2 Å². The Bertz CT molecular complexity index is 2700. The second-order valence-corrected chi connectivity index (χ2v) is 10.8. The molecule has 0 N–H and O–H groups in total. The highest BCUT2D eigenvalue weighted by Crippen LogP contribution is 2.49. The molecule has 8 aromatic carbocycles. The van der Waals surface area contributed by atoms with Crippen LogP contribution in [0.15, 0.2) is 162 Å². The smallest absolute Gasteiger partial charge is 0.143 e. The van der Waals surface area contributed by atoms with Gasteiger partial charge in [0, 0.05) is 16.3 Å². The molecular formula is C42H26O. The van der Waals surface area contributed by atoms with E-state index in [-0.39, 0.29) is 29.7 Å². The van der Waals surface area contributed by atoms with Gasteiger partial charge in [-0.3, -0.25) is 0 Å². The summed E-state index contributed by atoms with van der Waals surface area (Å²) in [5, 5.41) is 8.12. The standard InChI is InChI=1S/C42H26O/c1-2-14-28(15-3-1)39-37(26-25-36-30-18-10-11-24-38(30)43-42(36)39)41-34-21-8-6-19-32(34)40(33-20-7-9-22-35(33)41)31-23-12-16-27-13-4-5-17-29(27)31/h1-26H/i1D,2D,3D,14D,15D. The number of benzene rings is 8. The molecule has 1 heteroatoms. The molecule has 0 bridgehead atoms. The first-order valence-electron chi connectivity index (χ1n) is 16.9. The van der Waals surface area contributed by atoms with Crippen molar-refractivity contribution >= 4 is 54.3 Å². The van der Waals surface area contributed by atoms with Gasteiger partial charge in [0.15, 0.2) is 0 Å². The minimum atomic E-state index is -0.428. The van der Waals surface area contributed by atoms with Gasteiger partial charge in [-0.25, -0.2) is 0 Å². The summed E-state index contributed by atoms with van der Waals surface area (Å²) in [5.74, 6) is 0. The highest BCUT2D eigenvalue weighted by Gasteiger charge is 2.22. The largest absolute Gasteiger partial charge is 0.455 e. The van der Waals surface area contributed by atoms with E-state index in [1.54, 1.807) is 0 Å². The molecule has 0 amide bonds. The molecule has 43 heavy (non-hydrogen) atoms. The van der Waals surface area contributed by atoms with Gasteiger partial charge < -0.3 is 4.42 Å². The van der Waals surface area contributed by atoms with Crippen LogP contribution in [0.4, 0.5) is 0 Å². The highest BCUT2D eigenvalue weighted by molar-refractivity contribution is 6.25. The van der Waals surface area contributed by atoms with Crippen LogP contribution in [-0.2, 0) is 0 Å². The number of para-hydroxylation sites is 1. The maximum Gasteiger partial charge on any atom is 0.143 e. The first-order valence-corrected chi connectivity index (χ1v) is 14.4. The second-order valence-electron chi connectivity index (χ2n) is 10.8. The molecule has 0 fully saturated rings. The molecule has 0 aliphatic heterocycles. The Morgan fingerprint density at radius 2 is 0.953 bits per heavy atom. The summed E-state index contributed by atoms with van der Waals surface area (Å²) in [7, 11) is 0. The zero-order valence-corrected chi connectivity index (χ0v) is 23.0. The van der Waals surface area contributed by atoms with E-state index in [1.165, 1.54) is 0 Å². The summed E-state index contributed by atoms with van der Waals surface area (Å²) in [5.41, 5.74) is 5.64. The quantitative estimate of drug-likeness (QED) is 0.199. The fourth-order valence-corrected chi connectivity index (χ4v) is 6.77. The Labute approximate surface area is 256 Å². The van der Waals surface area contributed by atoms with Crippen molar-refractivity contribution in [2.45, 2.75) is 0 Å². The van der Waals surface area contributed by atoms with E-state index >= 15 is 0 Å². The summed E-state index contributed by atoms with van der Waals surface area (Å²) in [4.78, 5) is 0. The van der Waals surface area contributed by atoms with E-state index in [2.05, 4.69) is 66.7 Å². The molecule has 0 atom stereocenters. The third kappa shape index (κ3) is 3.58. The Balaban J connectivity index is 1.50. The maximum absolute atomic E-state index is 9.08. The lowest BCUT2D eigenvalue weighted by Crippen LogP contribution is -1.93. The first-order chi connectivity index (χ1) is 23.4. The van der Waals surface area contributed by atoms with Crippen LogP contribution >= 0.6 is 0 Å². The topological polar surface area (TPSA) is 13.1 Å². The van der Waals surface area contributed by atoms with Crippen molar-refractivity contribution in [2.75, 3.05) is 0 Å². The summed E-state index contributed by atoms with van der Waals surface area (Å²) in [6.07, 6.45) is 0. The maximum atomic E-state index is 9.08. The van der Waals surface area contributed by atoms with E-state index in [4.69, 9.17) is 11.3 Å². The molecule has 1 aromatic heterocycles. The third-order valence-electron chi connectivity index (χ3n) is 8.56. The van der Waals surface area contributed by atoms with Crippen LogP contribution < -0.4 is 0 Å². The van der Waals surface area contributed by atoms with Crippen molar-refractivity contribution in [3.63, 3.8) is 0 Å². The van der Waals surface area contributed by atoms with E-state index in [0.29, 0.717) is 16.7 Å². The van der Waals surface area contributed by atoms with Gasteiger partial charge in [0.05, 0.1) is 6.85 Å². The van der Waals surface area contributed by atoms with Crippen molar-refractivity contribution in [3.05, 3.63) is 158 Å². The van der Waals surface area contributed by atoms with Crippen LogP contribution in [0.3, 0.4) is 0 Å². The number of hydrogen-bond acceptors (Lipinski definition) is 1. The molecular weight excluding hydrogens is 520 g/mol. The van der Waals surface area contributed by atoms with E-state index < -0.39 is 6.04 Å². The zero-order valence-electron chi connectivity index (χ0n) is 28.0. The predicted octanol–water partition coefficient (Wildman–Crippen LogP) is 12.0. The third-order valence-corrected chi connectivity index (χ3v) is 8.56. The number of hydrogen-bond donors (Lipinski definition) is 0. The summed E-state index contributed by atoms with van der Waals surface area (Å²) >= 11 is 0. The van der Waals surface area contributed by atoms with Crippen LogP contribution in [0.5, 0.6) is 0 Å². The average molecular weight is 552 g/mol. The van der Waals surface area contributed by atoms with Gasteiger partial charge >= 0.3 is 0 Å². The average Bonchev–Trinajstić information content (AvgIpc) is 3.51. The molecule has 0 saturated heterocycles. The summed E-state index contributed by atoms with van der Waals surface area (Å²) < 4.78 is 50.2. The minimum Gasteiger partial charge on any atom is -0.455 e. The number of rotatable bonds is 3. The minimum absolute atomic E-state index is 0.118. The van der Waals surface area contributed by atoms with E-state index in [0.717, 1.165) is 65.3 Å². The van der Waals surface area contributed by atoms with Crippen LogP contribution in [0.1, 0.15) is 6.85 Å². The Kier molecular flexibility index (Phi) is 4.27. The van der Waals surface area contributed by atoms with Gasteiger partial charge in [-0.2, -0.15) is 0 Å². The van der Waals surface area contributed by atoms with Gasteiger partial charge in [0.2, 0.25) is 0 Å². The van der Waals surface area contributed by atoms with Crippen LogP contribution in [-0.4, -0.2) is 0 Å². The van der Waals surface area contributed by atoms with E-state index in [9.17, 15) is 0 Å². The summed E-state index contributed by atoms with van der Waals surface area (Å²) in [6, 6.07) is 41.5. The molecule has 1 nitrogen and oxygen atoms in total. The van der Waals surface area contributed by atoms with Gasteiger partial charge in [0.25, 0.3) is 0 Å². The van der Waals surface area contributed by atoms with Gasteiger partial charge in [-0.05, 0) is 72.3 Å². The Hall–Kier alpha value is -5.66. The molecule has 9 rings (SSSR count). The number of furan rings is 1. The van der Waals surface area contributed by atoms with Crippen LogP contribution in [0, 0.1) is 0 Å². The molecule has 0 radical (unpaired) electrons. The van der Waals surface area contributed by atoms with E-state index in [1.807, 2.05) is 60.7 Å². The lowest BCUT2D eigenvalue weighted by molar-refractivity contribution is 0.670. The molecule has 9 aromatic rings. The molecule has 200 valence electrons. The van der Waals surface area contributed by atoms with Gasteiger partial charge in [-0.15, -0.1) is 0 Å². The van der Waals surface area contributed by atoms with Crippen LogP contribution in [0.25, 0.3) is 87.6 Å².